The van der Waals surface area contributed by atoms with Crippen molar-refractivity contribution in [2.75, 3.05) is 0 Å². The van der Waals surface area contributed by atoms with Gasteiger partial charge in [0, 0.05) is 0 Å². The first kappa shape index (κ1) is 17.9. The molecule has 0 fully saturated rings. The van der Waals surface area contributed by atoms with Crippen LogP contribution < -0.4 is 0 Å². The van der Waals surface area contributed by atoms with Crippen LogP contribution in [0.5, 0.6) is 23.0 Å². The fourth-order valence-electron chi connectivity index (χ4n) is 4.07. The van der Waals surface area contributed by atoms with Crippen molar-refractivity contribution in [1.29, 1.82) is 0 Å². The van der Waals surface area contributed by atoms with E-state index in [4.69, 9.17) is 0 Å². The minimum Gasteiger partial charge on any atom is -0.508 e. The Morgan fingerprint density at radius 2 is 0.667 bits per heavy atom. The van der Waals surface area contributed by atoms with Gasteiger partial charge in [-0.15, -0.1) is 0 Å². The van der Waals surface area contributed by atoms with E-state index in [-0.39, 0.29) is 23.0 Å². The van der Waals surface area contributed by atoms with Crippen LogP contribution in [0.25, 0.3) is 43.8 Å². The summed E-state index contributed by atoms with van der Waals surface area (Å²) in [5.41, 5.74) is 3.69. The molecule has 0 radical (unpaired) electrons. The van der Waals surface area contributed by atoms with Crippen LogP contribution in [0.1, 0.15) is 0 Å². The number of phenolic OH excluding ortho intramolecular Hbond substituents is 4. The lowest BCUT2D eigenvalue weighted by atomic mass is 9.85. The van der Waals surface area contributed by atoms with Gasteiger partial charge in [-0.05, 0) is 92.3 Å². The third-order valence-electron chi connectivity index (χ3n) is 5.40. The van der Waals surface area contributed by atoms with Gasteiger partial charge >= 0.3 is 0 Å². The predicted molar refractivity (Wildman–Crippen MR) is 119 cm³/mol. The highest BCUT2D eigenvalue weighted by Crippen LogP contribution is 2.46. The molecule has 0 bridgehead atoms. The molecule has 30 heavy (non-hydrogen) atoms. The number of rotatable bonds is 2. The lowest BCUT2D eigenvalue weighted by Gasteiger charge is -2.19. The van der Waals surface area contributed by atoms with Crippen molar-refractivity contribution in [3.8, 4) is 45.3 Å². The molecule has 0 aliphatic rings. The number of phenols is 4. The quantitative estimate of drug-likeness (QED) is 0.271. The molecule has 0 spiro atoms. The van der Waals surface area contributed by atoms with E-state index in [9.17, 15) is 20.4 Å². The number of fused-ring (bicyclic) bond motifs is 3. The third kappa shape index (κ3) is 2.86. The van der Waals surface area contributed by atoms with Crippen molar-refractivity contribution < 1.29 is 20.4 Å². The maximum atomic E-state index is 10.2. The Morgan fingerprint density at radius 1 is 0.333 bits per heavy atom. The molecule has 0 aliphatic heterocycles. The van der Waals surface area contributed by atoms with Gasteiger partial charge in [-0.3, -0.25) is 0 Å². The second-order valence-corrected chi connectivity index (χ2v) is 7.30. The second kappa shape index (κ2) is 6.71. The molecule has 0 saturated carbocycles. The molecule has 0 unspecified atom stereocenters. The summed E-state index contributed by atoms with van der Waals surface area (Å²) in [5.74, 6) is 0.637. The van der Waals surface area contributed by atoms with E-state index in [1.54, 1.807) is 48.5 Å². The Bertz CT molecular complexity index is 1290. The van der Waals surface area contributed by atoms with Crippen LogP contribution in [-0.4, -0.2) is 20.4 Å². The van der Waals surface area contributed by atoms with Gasteiger partial charge < -0.3 is 20.4 Å². The first-order chi connectivity index (χ1) is 14.5. The topological polar surface area (TPSA) is 80.9 Å². The van der Waals surface area contributed by atoms with Crippen molar-refractivity contribution in [2.24, 2.45) is 0 Å². The summed E-state index contributed by atoms with van der Waals surface area (Å²) >= 11 is 0. The molecule has 146 valence electrons. The first-order valence-electron chi connectivity index (χ1n) is 9.51. The van der Waals surface area contributed by atoms with Crippen molar-refractivity contribution in [2.45, 2.75) is 0 Å². The summed E-state index contributed by atoms with van der Waals surface area (Å²) in [6, 6.07) is 24.4. The van der Waals surface area contributed by atoms with Gasteiger partial charge in [0.15, 0.2) is 0 Å². The molecule has 4 nitrogen and oxygen atoms in total. The molecular formula is C26H18O4. The number of hydrogen-bond acceptors (Lipinski definition) is 4. The molecule has 4 heteroatoms. The predicted octanol–water partition coefficient (Wildman–Crippen LogP) is 6.15. The largest absolute Gasteiger partial charge is 0.508 e. The van der Waals surface area contributed by atoms with Crippen LogP contribution in [0, 0.1) is 0 Å². The number of hydrogen-bond donors (Lipinski definition) is 4. The molecule has 0 aromatic heterocycles. The lowest BCUT2D eigenvalue weighted by Crippen LogP contribution is -1.91. The highest BCUT2D eigenvalue weighted by Gasteiger charge is 2.18. The van der Waals surface area contributed by atoms with Gasteiger partial charge in [-0.1, -0.05) is 36.4 Å². The van der Waals surface area contributed by atoms with Crippen LogP contribution in [0.4, 0.5) is 0 Å². The Morgan fingerprint density at radius 3 is 1.03 bits per heavy atom. The van der Waals surface area contributed by atoms with E-state index in [1.807, 2.05) is 36.4 Å². The zero-order valence-electron chi connectivity index (χ0n) is 15.9. The average Bonchev–Trinajstić information content (AvgIpc) is 2.74. The van der Waals surface area contributed by atoms with E-state index in [1.165, 1.54) is 0 Å². The maximum absolute atomic E-state index is 10.2. The van der Waals surface area contributed by atoms with E-state index in [0.717, 1.165) is 43.8 Å². The van der Waals surface area contributed by atoms with E-state index in [2.05, 4.69) is 0 Å². The summed E-state index contributed by atoms with van der Waals surface area (Å²) in [4.78, 5) is 0. The average molecular weight is 394 g/mol. The fraction of sp³-hybridized carbons (Fsp3) is 0. The smallest absolute Gasteiger partial charge is 0.116 e. The molecule has 0 aliphatic carbocycles. The lowest BCUT2D eigenvalue weighted by molar-refractivity contribution is 0.475. The summed E-state index contributed by atoms with van der Waals surface area (Å²) in [6.45, 7) is 0. The summed E-state index contributed by atoms with van der Waals surface area (Å²) in [6.07, 6.45) is 0. The number of benzene rings is 5. The second-order valence-electron chi connectivity index (χ2n) is 7.30. The third-order valence-corrected chi connectivity index (χ3v) is 5.40. The molecule has 4 N–H and O–H groups in total. The number of aromatic hydroxyl groups is 4. The zero-order chi connectivity index (χ0) is 20.8. The van der Waals surface area contributed by atoms with Crippen LogP contribution in [0.2, 0.25) is 0 Å². The van der Waals surface area contributed by atoms with Gasteiger partial charge in [-0.25, -0.2) is 0 Å². The van der Waals surface area contributed by atoms with Crippen molar-refractivity contribution in [1.82, 2.24) is 0 Å². The molecule has 5 aromatic carbocycles. The van der Waals surface area contributed by atoms with E-state index in [0.29, 0.717) is 0 Å². The van der Waals surface area contributed by atoms with Gasteiger partial charge in [-0.2, -0.15) is 0 Å². The SMILES string of the molecule is Oc1ccc(-c2c(-c3ccc(O)cc3)c3ccc(O)cc3c3cc(O)ccc23)cc1. The fourth-order valence-corrected chi connectivity index (χ4v) is 4.07. The van der Waals surface area contributed by atoms with Crippen LogP contribution >= 0.6 is 0 Å². The molecular weight excluding hydrogens is 376 g/mol. The molecule has 0 heterocycles. The molecule has 5 aromatic rings. The first-order valence-corrected chi connectivity index (χ1v) is 9.51. The van der Waals surface area contributed by atoms with Crippen LogP contribution in [0.3, 0.4) is 0 Å². The minimum absolute atomic E-state index is 0.140. The highest BCUT2D eigenvalue weighted by molar-refractivity contribution is 6.22. The standard InChI is InChI=1S/C26H18O4/c27-17-5-1-15(2-6-17)25-21-11-9-19(29)13-23(21)24-14-20(30)10-12-22(24)26(25)16-3-7-18(28)8-4-16/h1-14,27-30H. The van der Waals surface area contributed by atoms with E-state index < -0.39 is 0 Å². The maximum Gasteiger partial charge on any atom is 0.116 e. The zero-order valence-corrected chi connectivity index (χ0v) is 15.9. The Hall–Kier alpha value is -4.18. The van der Waals surface area contributed by atoms with Gasteiger partial charge in [0.25, 0.3) is 0 Å². The Labute approximate surface area is 172 Å². The van der Waals surface area contributed by atoms with Gasteiger partial charge in [0.05, 0.1) is 0 Å². The summed E-state index contributed by atoms with van der Waals surface area (Å²) in [7, 11) is 0. The van der Waals surface area contributed by atoms with Crippen molar-refractivity contribution in [3.63, 3.8) is 0 Å². The molecule has 0 saturated heterocycles. The van der Waals surface area contributed by atoms with E-state index >= 15 is 0 Å². The molecule has 0 atom stereocenters. The minimum atomic E-state index is 0.140. The molecule has 0 amide bonds. The van der Waals surface area contributed by atoms with Crippen LogP contribution in [0.15, 0.2) is 84.9 Å². The normalized spacial score (nSPS) is 11.2. The monoisotopic (exact) mass is 394 g/mol. The van der Waals surface area contributed by atoms with Gasteiger partial charge in [0.1, 0.15) is 23.0 Å². The molecule has 5 rings (SSSR count). The van der Waals surface area contributed by atoms with Gasteiger partial charge in [0.2, 0.25) is 0 Å². The highest BCUT2D eigenvalue weighted by atomic mass is 16.3. The summed E-state index contributed by atoms with van der Waals surface area (Å²) in [5, 5.41) is 43.3. The van der Waals surface area contributed by atoms with Crippen molar-refractivity contribution >= 4 is 21.5 Å². The summed E-state index contributed by atoms with van der Waals surface area (Å²) < 4.78 is 0. The van der Waals surface area contributed by atoms with Crippen LogP contribution in [-0.2, 0) is 0 Å². The Balaban J connectivity index is 2.02. The van der Waals surface area contributed by atoms with Crippen molar-refractivity contribution in [3.05, 3.63) is 84.9 Å². The Kier molecular flexibility index (Phi) is 4.00.